The molecule has 4 heteroatoms. The van der Waals surface area contributed by atoms with E-state index in [1.165, 1.54) is 9.71 Å². The predicted molar refractivity (Wildman–Crippen MR) is 51.8 cm³/mol. The van der Waals surface area contributed by atoms with E-state index in [1.54, 1.807) is 18.2 Å². The van der Waals surface area contributed by atoms with E-state index < -0.39 is 10.0 Å². The van der Waals surface area contributed by atoms with E-state index in [-0.39, 0.29) is 0 Å². The molecule has 0 saturated heterocycles. The average Bonchev–Trinajstić information content (AvgIpc) is 2.47. The second-order valence-corrected chi connectivity index (χ2v) is 4.53. The lowest BCUT2D eigenvalue weighted by Crippen LogP contribution is -2.24. The number of anilines is 1. The zero-order valence-corrected chi connectivity index (χ0v) is 7.74. The molecule has 0 unspecified atom stereocenters. The Morgan fingerprint density at radius 2 is 1.85 bits per heavy atom. The number of sulfonamides is 1. The molecule has 1 aliphatic heterocycles. The summed E-state index contributed by atoms with van der Waals surface area (Å²) in [6, 6.07) is 9.07. The maximum Gasteiger partial charge on any atom is 0.257 e. The zero-order chi connectivity index (χ0) is 9.31. The first-order valence-electron chi connectivity index (χ1n) is 3.94. The van der Waals surface area contributed by atoms with Crippen molar-refractivity contribution in [3.8, 4) is 0 Å². The molecule has 1 aliphatic rings. The molecule has 0 fully saturated rings. The van der Waals surface area contributed by atoms with Crippen LogP contribution in [-0.4, -0.2) is 15.0 Å². The normalized spacial score (nSPS) is 19.2. The zero-order valence-electron chi connectivity index (χ0n) is 6.92. The first kappa shape index (κ1) is 8.31. The lowest BCUT2D eigenvalue weighted by atomic mass is 10.3. The second kappa shape index (κ2) is 2.88. The van der Waals surface area contributed by atoms with Crippen LogP contribution < -0.4 is 4.31 Å². The summed E-state index contributed by atoms with van der Waals surface area (Å²) in [5.74, 6) is 0. The van der Waals surface area contributed by atoms with Gasteiger partial charge in [0.05, 0.1) is 12.2 Å². The molecule has 0 aliphatic carbocycles. The smallest absolute Gasteiger partial charge is 0.257 e. The summed E-state index contributed by atoms with van der Waals surface area (Å²) < 4.78 is 24.2. The van der Waals surface area contributed by atoms with E-state index >= 15 is 0 Å². The fourth-order valence-corrected chi connectivity index (χ4v) is 2.47. The molecule has 2 rings (SSSR count). The third kappa shape index (κ3) is 1.45. The molecule has 0 aromatic heterocycles. The largest absolute Gasteiger partial charge is 0.263 e. The molecule has 1 aromatic rings. The molecule has 0 saturated carbocycles. The van der Waals surface area contributed by atoms with Gasteiger partial charge in [-0.05, 0) is 12.1 Å². The molecule has 0 atom stereocenters. The predicted octanol–water partition coefficient (Wildman–Crippen LogP) is 1.35. The Labute approximate surface area is 77.4 Å². The minimum atomic E-state index is -3.19. The number of nitrogens with zero attached hydrogens (tertiary/aromatic N) is 1. The van der Waals surface area contributed by atoms with Crippen LogP contribution in [0.2, 0.25) is 0 Å². The summed E-state index contributed by atoms with van der Waals surface area (Å²) in [6.07, 6.45) is 1.64. The van der Waals surface area contributed by atoms with Gasteiger partial charge in [0.25, 0.3) is 10.0 Å². The minimum absolute atomic E-state index is 0.437. The highest BCUT2D eigenvalue weighted by Crippen LogP contribution is 2.21. The summed E-state index contributed by atoms with van der Waals surface area (Å²) in [5, 5.41) is 1.24. The number of rotatable bonds is 1. The molecule has 0 spiro atoms. The third-order valence-corrected chi connectivity index (χ3v) is 3.40. The molecule has 0 radical (unpaired) electrons. The first-order valence-corrected chi connectivity index (χ1v) is 5.45. The molecule has 1 heterocycles. The molecule has 3 nitrogen and oxygen atoms in total. The Kier molecular flexibility index (Phi) is 1.84. The molecular weight excluding hydrogens is 186 g/mol. The van der Waals surface area contributed by atoms with Crippen molar-refractivity contribution in [2.75, 3.05) is 10.8 Å². The highest BCUT2D eigenvalue weighted by Gasteiger charge is 2.22. The van der Waals surface area contributed by atoms with E-state index in [1.807, 2.05) is 18.2 Å². The van der Waals surface area contributed by atoms with E-state index in [9.17, 15) is 8.42 Å². The Balaban J connectivity index is 2.41. The minimum Gasteiger partial charge on any atom is -0.263 e. The van der Waals surface area contributed by atoms with E-state index in [2.05, 4.69) is 0 Å². The van der Waals surface area contributed by atoms with Gasteiger partial charge >= 0.3 is 0 Å². The van der Waals surface area contributed by atoms with Crippen LogP contribution in [0.15, 0.2) is 41.8 Å². The average molecular weight is 195 g/mol. The van der Waals surface area contributed by atoms with Gasteiger partial charge in [0, 0.05) is 5.41 Å². The molecule has 0 bridgehead atoms. The van der Waals surface area contributed by atoms with Gasteiger partial charge < -0.3 is 0 Å². The van der Waals surface area contributed by atoms with Crippen molar-refractivity contribution in [2.45, 2.75) is 0 Å². The number of para-hydroxylation sites is 1. The summed E-state index contributed by atoms with van der Waals surface area (Å²) in [7, 11) is -3.19. The second-order valence-electron chi connectivity index (χ2n) is 2.78. The molecule has 0 N–H and O–H groups in total. The topological polar surface area (TPSA) is 37.4 Å². The van der Waals surface area contributed by atoms with Crippen molar-refractivity contribution in [3.05, 3.63) is 41.8 Å². The monoisotopic (exact) mass is 195 g/mol. The van der Waals surface area contributed by atoms with Crippen LogP contribution in [0.25, 0.3) is 0 Å². The summed E-state index contributed by atoms with van der Waals surface area (Å²) in [4.78, 5) is 0. The van der Waals surface area contributed by atoms with Crippen molar-refractivity contribution in [1.82, 2.24) is 0 Å². The summed E-state index contributed by atoms with van der Waals surface area (Å²) in [5.41, 5.74) is 0.715. The van der Waals surface area contributed by atoms with Crippen molar-refractivity contribution in [2.24, 2.45) is 0 Å². The Morgan fingerprint density at radius 1 is 1.15 bits per heavy atom. The lowest BCUT2D eigenvalue weighted by molar-refractivity contribution is 0.603. The number of hydrogen-bond acceptors (Lipinski definition) is 2. The van der Waals surface area contributed by atoms with Crippen LogP contribution in [-0.2, 0) is 10.0 Å². The molecule has 1 aromatic carbocycles. The van der Waals surface area contributed by atoms with Gasteiger partial charge in [-0.3, -0.25) is 4.31 Å². The van der Waals surface area contributed by atoms with Crippen molar-refractivity contribution in [3.63, 3.8) is 0 Å². The van der Waals surface area contributed by atoms with Crippen molar-refractivity contribution >= 4 is 15.7 Å². The maximum atomic E-state index is 11.4. The Hall–Kier alpha value is -1.29. The van der Waals surface area contributed by atoms with Gasteiger partial charge in [0.1, 0.15) is 0 Å². The molecular formula is C9H9NO2S. The van der Waals surface area contributed by atoms with Gasteiger partial charge in [-0.1, -0.05) is 24.3 Å². The van der Waals surface area contributed by atoms with E-state index in [4.69, 9.17) is 0 Å². The van der Waals surface area contributed by atoms with Crippen molar-refractivity contribution < 1.29 is 8.42 Å². The van der Waals surface area contributed by atoms with E-state index in [0.717, 1.165) is 0 Å². The van der Waals surface area contributed by atoms with Gasteiger partial charge in [-0.15, -0.1) is 0 Å². The summed E-state index contributed by atoms with van der Waals surface area (Å²) in [6.45, 7) is 0.437. The number of hydrogen-bond donors (Lipinski definition) is 0. The van der Waals surface area contributed by atoms with Crippen LogP contribution in [0.3, 0.4) is 0 Å². The van der Waals surface area contributed by atoms with Crippen LogP contribution in [0.5, 0.6) is 0 Å². The fraction of sp³-hybridized carbons (Fsp3) is 0.111. The van der Waals surface area contributed by atoms with Gasteiger partial charge in [0.15, 0.2) is 0 Å². The van der Waals surface area contributed by atoms with Crippen molar-refractivity contribution in [1.29, 1.82) is 0 Å². The number of benzene rings is 1. The van der Waals surface area contributed by atoms with E-state index in [0.29, 0.717) is 12.2 Å². The Morgan fingerprint density at radius 3 is 2.38 bits per heavy atom. The maximum absolute atomic E-state index is 11.4. The lowest BCUT2D eigenvalue weighted by Gasteiger charge is -2.16. The summed E-state index contributed by atoms with van der Waals surface area (Å²) >= 11 is 0. The third-order valence-electron chi connectivity index (χ3n) is 1.89. The highest BCUT2D eigenvalue weighted by atomic mass is 32.2. The van der Waals surface area contributed by atoms with Gasteiger partial charge in [0.2, 0.25) is 0 Å². The standard InChI is InChI=1S/C9H9NO2S/c11-13(12)8-4-7-10(13)9-5-2-1-3-6-9/h1-6,8H,7H2. The van der Waals surface area contributed by atoms with Gasteiger partial charge in [-0.2, -0.15) is 0 Å². The SMILES string of the molecule is O=S1(=O)C=CCN1c1ccccc1. The Bertz CT molecular complexity index is 422. The quantitative estimate of drug-likeness (QED) is 0.678. The van der Waals surface area contributed by atoms with Crippen LogP contribution >= 0.6 is 0 Å². The van der Waals surface area contributed by atoms with Crippen LogP contribution in [0.1, 0.15) is 0 Å². The van der Waals surface area contributed by atoms with Crippen LogP contribution in [0, 0.1) is 0 Å². The fourth-order valence-electron chi connectivity index (χ4n) is 1.28. The molecule has 68 valence electrons. The first-order chi connectivity index (χ1) is 6.20. The molecule has 0 amide bonds. The van der Waals surface area contributed by atoms with Crippen LogP contribution in [0.4, 0.5) is 5.69 Å². The molecule has 13 heavy (non-hydrogen) atoms. The van der Waals surface area contributed by atoms with Gasteiger partial charge in [-0.25, -0.2) is 8.42 Å². The highest BCUT2D eigenvalue weighted by molar-refractivity contribution is 7.95.